The fourth-order valence-corrected chi connectivity index (χ4v) is 3.39. The Labute approximate surface area is 129 Å². The fraction of sp³-hybridized carbons (Fsp3) is 0.571. The molecule has 20 heavy (non-hydrogen) atoms. The van der Waals surface area contributed by atoms with Gasteiger partial charge >= 0.3 is 0 Å². The number of nitrogens with zero attached hydrogens (tertiary/aromatic N) is 1. The first-order chi connectivity index (χ1) is 9.70. The van der Waals surface area contributed by atoms with Crippen LogP contribution in [0.25, 0.3) is 0 Å². The van der Waals surface area contributed by atoms with Crippen molar-refractivity contribution in [3.63, 3.8) is 0 Å². The van der Waals surface area contributed by atoms with Crippen LogP contribution in [-0.4, -0.2) is 35.0 Å². The molecule has 0 aromatic carbocycles. The van der Waals surface area contributed by atoms with Gasteiger partial charge in [-0.15, -0.1) is 0 Å². The summed E-state index contributed by atoms with van der Waals surface area (Å²) >= 11 is 8.08. The zero-order valence-corrected chi connectivity index (χ0v) is 13.2. The summed E-state index contributed by atoms with van der Waals surface area (Å²) in [7, 11) is 0. The average Bonchev–Trinajstić information content (AvgIpc) is 2.47. The van der Waals surface area contributed by atoms with Crippen molar-refractivity contribution in [2.24, 2.45) is 0 Å². The number of pyridine rings is 1. The second kappa shape index (κ2) is 7.74. The number of aromatic nitrogens is 1. The number of rotatable bonds is 5. The van der Waals surface area contributed by atoms with E-state index in [9.17, 15) is 4.79 Å². The van der Waals surface area contributed by atoms with Crippen LogP contribution in [0.15, 0.2) is 12.3 Å². The Hall–Kier alpha value is -0.940. The smallest absolute Gasteiger partial charge is 0.253 e. The highest BCUT2D eigenvalue weighted by Gasteiger charge is 2.17. The van der Waals surface area contributed by atoms with Crippen LogP contribution in [0.4, 0.5) is 5.82 Å². The van der Waals surface area contributed by atoms with Gasteiger partial charge in [-0.3, -0.25) is 4.79 Å². The van der Waals surface area contributed by atoms with Gasteiger partial charge in [0, 0.05) is 18.8 Å². The van der Waals surface area contributed by atoms with Crippen molar-refractivity contribution in [2.75, 3.05) is 23.4 Å². The Bertz CT molecular complexity index is 464. The number of amides is 1. The molecule has 1 amide bonds. The second-order valence-electron chi connectivity index (χ2n) is 4.84. The number of carbonyl (C=O) groups is 1. The molecular weight excluding hydrogens is 294 g/mol. The first-order valence-electron chi connectivity index (χ1n) is 6.98. The summed E-state index contributed by atoms with van der Waals surface area (Å²) in [6, 6.07) is 1.96. The second-order valence-corrected chi connectivity index (χ2v) is 6.47. The Morgan fingerprint density at radius 2 is 2.25 bits per heavy atom. The number of carbonyl (C=O) groups excluding carboxylic acids is 1. The van der Waals surface area contributed by atoms with E-state index in [1.165, 1.54) is 0 Å². The van der Waals surface area contributed by atoms with Crippen LogP contribution in [0.3, 0.4) is 0 Å². The molecule has 0 aliphatic carbocycles. The highest BCUT2D eigenvalue weighted by Crippen LogP contribution is 2.21. The summed E-state index contributed by atoms with van der Waals surface area (Å²) in [4.78, 5) is 16.4. The molecule has 1 aliphatic heterocycles. The highest BCUT2D eigenvalue weighted by atomic mass is 35.5. The molecule has 0 bridgehead atoms. The van der Waals surface area contributed by atoms with Crippen LogP contribution in [0.2, 0.25) is 5.02 Å². The number of hydrogen-bond acceptors (Lipinski definition) is 4. The summed E-state index contributed by atoms with van der Waals surface area (Å²) in [5, 5.41) is 6.68. The number of thioether (sulfide) groups is 1. The van der Waals surface area contributed by atoms with Crippen molar-refractivity contribution in [2.45, 2.75) is 32.2 Å². The molecule has 6 heteroatoms. The number of anilines is 1. The van der Waals surface area contributed by atoms with E-state index in [0.717, 1.165) is 37.3 Å². The summed E-state index contributed by atoms with van der Waals surface area (Å²) in [5.74, 6) is 2.78. The Morgan fingerprint density at radius 3 is 2.90 bits per heavy atom. The van der Waals surface area contributed by atoms with E-state index in [4.69, 9.17) is 11.6 Å². The van der Waals surface area contributed by atoms with Crippen molar-refractivity contribution < 1.29 is 4.79 Å². The van der Waals surface area contributed by atoms with Gasteiger partial charge in [-0.25, -0.2) is 4.98 Å². The Balaban J connectivity index is 1.97. The van der Waals surface area contributed by atoms with Gasteiger partial charge < -0.3 is 10.6 Å². The Kier molecular flexibility index (Phi) is 5.98. The molecule has 1 fully saturated rings. The van der Waals surface area contributed by atoms with Gasteiger partial charge in [0.15, 0.2) is 0 Å². The van der Waals surface area contributed by atoms with Crippen LogP contribution in [0.5, 0.6) is 0 Å². The predicted octanol–water partition coefficient (Wildman–Crippen LogP) is 3.18. The molecular formula is C14H20ClN3OS. The maximum absolute atomic E-state index is 12.2. The van der Waals surface area contributed by atoms with E-state index < -0.39 is 0 Å². The van der Waals surface area contributed by atoms with Crippen molar-refractivity contribution in [3.05, 3.63) is 22.8 Å². The topological polar surface area (TPSA) is 54.0 Å². The maximum atomic E-state index is 12.2. The predicted molar refractivity (Wildman–Crippen MR) is 85.8 cm³/mol. The van der Waals surface area contributed by atoms with Gasteiger partial charge in [-0.2, -0.15) is 11.8 Å². The fourth-order valence-electron chi connectivity index (χ4n) is 2.05. The van der Waals surface area contributed by atoms with Crippen molar-refractivity contribution in [1.82, 2.24) is 10.3 Å². The quantitative estimate of drug-likeness (QED) is 0.876. The van der Waals surface area contributed by atoms with E-state index >= 15 is 0 Å². The minimum Gasteiger partial charge on any atom is -0.369 e. The third kappa shape index (κ3) is 4.28. The van der Waals surface area contributed by atoms with Crippen LogP contribution < -0.4 is 10.6 Å². The van der Waals surface area contributed by atoms with E-state index in [1.807, 2.05) is 11.8 Å². The van der Waals surface area contributed by atoms with Gasteiger partial charge in [0.05, 0.1) is 10.6 Å². The van der Waals surface area contributed by atoms with E-state index in [1.54, 1.807) is 12.3 Å². The molecule has 110 valence electrons. The van der Waals surface area contributed by atoms with Crippen LogP contribution in [0.1, 0.15) is 36.5 Å². The molecule has 0 spiro atoms. The van der Waals surface area contributed by atoms with Crippen LogP contribution in [-0.2, 0) is 0 Å². The lowest BCUT2D eigenvalue weighted by molar-refractivity contribution is 0.0934. The van der Waals surface area contributed by atoms with Crippen molar-refractivity contribution >= 4 is 35.1 Å². The maximum Gasteiger partial charge on any atom is 0.253 e. The standard InChI is InChI=1S/C14H20ClN3OS/c1-2-5-16-13-12(15)8-10(9-17-13)14(19)18-11-3-6-20-7-4-11/h8-9,11H,2-7H2,1H3,(H,16,17)(H,18,19). The monoisotopic (exact) mass is 313 g/mol. The van der Waals surface area contributed by atoms with E-state index in [-0.39, 0.29) is 11.9 Å². The molecule has 0 saturated carbocycles. The molecule has 2 N–H and O–H groups in total. The van der Waals surface area contributed by atoms with Crippen LogP contribution in [0, 0.1) is 0 Å². The largest absolute Gasteiger partial charge is 0.369 e. The zero-order valence-electron chi connectivity index (χ0n) is 11.6. The van der Waals surface area contributed by atoms with Crippen LogP contribution >= 0.6 is 23.4 Å². The SMILES string of the molecule is CCCNc1ncc(C(=O)NC2CCSCC2)cc1Cl. The molecule has 0 atom stereocenters. The first kappa shape index (κ1) is 15.4. The van der Waals surface area contributed by atoms with Gasteiger partial charge in [-0.05, 0) is 36.8 Å². The summed E-state index contributed by atoms with van der Waals surface area (Å²) < 4.78 is 0. The summed E-state index contributed by atoms with van der Waals surface area (Å²) in [6.45, 7) is 2.89. The third-order valence-electron chi connectivity index (χ3n) is 3.20. The van der Waals surface area contributed by atoms with Gasteiger partial charge in [0.1, 0.15) is 5.82 Å². The van der Waals surface area contributed by atoms with Gasteiger partial charge in [0.2, 0.25) is 0 Å². The highest BCUT2D eigenvalue weighted by molar-refractivity contribution is 7.99. The van der Waals surface area contributed by atoms with Gasteiger partial charge in [0.25, 0.3) is 5.91 Å². The average molecular weight is 314 g/mol. The molecule has 1 aliphatic rings. The van der Waals surface area contributed by atoms with E-state index in [0.29, 0.717) is 16.4 Å². The van der Waals surface area contributed by atoms with Gasteiger partial charge in [-0.1, -0.05) is 18.5 Å². The summed E-state index contributed by atoms with van der Waals surface area (Å²) in [6.07, 6.45) is 4.65. The zero-order chi connectivity index (χ0) is 14.4. The normalized spacial score (nSPS) is 15.9. The third-order valence-corrected chi connectivity index (χ3v) is 4.54. The van der Waals surface area contributed by atoms with Crippen molar-refractivity contribution in [3.8, 4) is 0 Å². The lowest BCUT2D eigenvalue weighted by atomic mass is 10.1. The molecule has 0 radical (unpaired) electrons. The number of halogens is 1. The van der Waals surface area contributed by atoms with E-state index in [2.05, 4.69) is 22.5 Å². The lowest BCUT2D eigenvalue weighted by Crippen LogP contribution is -2.37. The number of hydrogen-bond donors (Lipinski definition) is 2. The number of nitrogens with one attached hydrogen (secondary N) is 2. The minimum absolute atomic E-state index is 0.0849. The molecule has 1 saturated heterocycles. The minimum atomic E-state index is -0.0849. The lowest BCUT2D eigenvalue weighted by Gasteiger charge is -2.22. The molecule has 1 aromatic rings. The first-order valence-corrected chi connectivity index (χ1v) is 8.52. The van der Waals surface area contributed by atoms with Crippen molar-refractivity contribution in [1.29, 1.82) is 0 Å². The molecule has 4 nitrogen and oxygen atoms in total. The summed E-state index contributed by atoms with van der Waals surface area (Å²) in [5.41, 5.74) is 0.523. The molecule has 2 rings (SSSR count). The molecule has 1 aromatic heterocycles. The molecule has 0 unspecified atom stereocenters. The Morgan fingerprint density at radius 1 is 1.50 bits per heavy atom. The molecule has 2 heterocycles.